The molecule has 0 aliphatic rings. The molecule has 0 bridgehead atoms. The lowest BCUT2D eigenvalue weighted by molar-refractivity contribution is 0.512. The molecular formula is C9H7F2N3. The third kappa shape index (κ3) is 1.32. The molecule has 14 heavy (non-hydrogen) atoms. The summed E-state index contributed by atoms with van der Waals surface area (Å²) < 4.78 is 25.8. The maximum atomic E-state index is 12.9. The van der Waals surface area contributed by atoms with Gasteiger partial charge in [0.05, 0.1) is 23.9 Å². The number of halogens is 2. The molecule has 0 saturated carbocycles. The van der Waals surface area contributed by atoms with Crippen LogP contribution < -0.4 is 5.73 Å². The Labute approximate surface area is 78.6 Å². The number of benzene rings is 1. The summed E-state index contributed by atoms with van der Waals surface area (Å²) in [4.78, 5) is 6.54. The number of hydrogen-bond donors (Lipinski definition) is 2. The van der Waals surface area contributed by atoms with Crippen LogP contribution in [0.2, 0.25) is 0 Å². The molecule has 3 nitrogen and oxygen atoms in total. The van der Waals surface area contributed by atoms with Crippen molar-refractivity contribution >= 4 is 5.69 Å². The van der Waals surface area contributed by atoms with Gasteiger partial charge in [-0.2, -0.15) is 0 Å². The first-order valence-corrected chi connectivity index (χ1v) is 3.92. The Kier molecular flexibility index (Phi) is 1.92. The third-order valence-corrected chi connectivity index (χ3v) is 1.87. The van der Waals surface area contributed by atoms with Gasteiger partial charge >= 0.3 is 0 Å². The Hall–Kier alpha value is -1.91. The number of imidazole rings is 1. The summed E-state index contributed by atoms with van der Waals surface area (Å²) in [5.41, 5.74) is 6.13. The van der Waals surface area contributed by atoms with E-state index in [4.69, 9.17) is 5.73 Å². The monoisotopic (exact) mass is 195 g/mol. The summed E-state index contributed by atoms with van der Waals surface area (Å²) in [6.07, 6.45) is 2.96. The highest BCUT2D eigenvalue weighted by atomic mass is 19.2. The van der Waals surface area contributed by atoms with Crippen molar-refractivity contribution in [3.8, 4) is 11.3 Å². The van der Waals surface area contributed by atoms with Gasteiger partial charge in [-0.1, -0.05) is 0 Å². The molecule has 0 fully saturated rings. The lowest BCUT2D eigenvalue weighted by Gasteiger charge is -2.02. The molecule has 1 aromatic heterocycles. The molecule has 0 aliphatic carbocycles. The van der Waals surface area contributed by atoms with E-state index >= 15 is 0 Å². The average molecular weight is 195 g/mol. The van der Waals surface area contributed by atoms with E-state index in [1.807, 2.05) is 0 Å². The molecule has 0 aliphatic heterocycles. The highest BCUT2D eigenvalue weighted by Gasteiger charge is 2.09. The van der Waals surface area contributed by atoms with E-state index in [9.17, 15) is 8.78 Å². The summed E-state index contributed by atoms with van der Waals surface area (Å²) in [6, 6.07) is 2.42. The van der Waals surface area contributed by atoms with Gasteiger partial charge < -0.3 is 10.7 Å². The van der Waals surface area contributed by atoms with Gasteiger partial charge in [0.15, 0.2) is 11.6 Å². The van der Waals surface area contributed by atoms with Crippen LogP contribution in [0.25, 0.3) is 11.3 Å². The number of anilines is 1. The lowest BCUT2D eigenvalue weighted by Crippen LogP contribution is -1.95. The smallest absolute Gasteiger partial charge is 0.181 e. The van der Waals surface area contributed by atoms with Crippen LogP contribution in [0.1, 0.15) is 0 Å². The van der Waals surface area contributed by atoms with Crippen LogP contribution >= 0.6 is 0 Å². The third-order valence-electron chi connectivity index (χ3n) is 1.87. The Balaban J connectivity index is 2.57. The van der Waals surface area contributed by atoms with Gasteiger partial charge in [0, 0.05) is 5.56 Å². The molecule has 2 rings (SSSR count). The Morgan fingerprint density at radius 2 is 2.07 bits per heavy atom. The van der Waals surface area contributed by atoms with Crippen molar-refractivity contribution in [3.63, 3.8) is 0 Å². The van der Waals surface area contributed by atoms with Gasteiger partial charge in [-0.05, 0) is 12.1 Å². The van der Waals surface area contributed by atoms with Gasteiger partial charge in [-0.25, -0.2) is 13.8 Å². The van der Waals surface area contributed by atoms with Crippen molar-refractivity contribution in [1.29, 1.82) is 0 Å². The minimum atomic E-state index is -1.02. The number of nitrogens with one attached hydrogen (secondary N) is 1. The zero-order chi connectivity index (χ0) is 10.1. The highest BCUT2D eigenvalue weighted by molar-refractivity contribution is 5.63. The Morgan fingerprint density at radius 1 is 1.29 bits per heavy atom. The highest BCUT2D eigenvalue weighted by Crippen LogP contribution is 2.23. The van der Waals surface area contributed by atoms with Crippen molar-refractivity contribution in [2.75, 3.05) is 5.73 Å². The van der Waals surface area contributed by atoms with Gasteiger partial charge in [0.1, 0.15) is 0 Å². The van der Waals surface area contributed by atoms with Crippen LogP contribution in [-0.4, -0.2) is 9.97 Å². The predicted molar refractivity (Wildman–Crippen MR) is 48.4 cm³/mol. The minimum Gasteiger partial charge on any atom is -0.396 e. The first kappa shape index (κ1) is 8.68. The standard InChI is InChI=1S/C9H7F2N3/c10-6-1-5(2-7(12)9(6)11)8-3-13-4-14-8/h1-4H,12H2,(H,13,14). The van der Waals surface area contributed by atoms with Gasteiger partial charge in [0.25, 0.3) is 0 Å². The molecule has 72 valence electrons. The fraction of sp³-hybridized carbons (Fsp3) is 0. The number of nitrogen functional groups attached to an aromatic ring is 1. The molecule has 0 spiro atoms. The van der Waals surface area contributed by atoms with E-state index in [0.717, 1.165) is 6.07 Å². The second-order valence-corrected chi connectivity index (χ2v) is 2.83. The molecule has 0 atom stereocenters. The molecule has 0 saturated heterocycles. The van der Waals surface area contributed by atoms with E-state index in [0.29, 0.717) is 11.3 Å². The zero-order valence-electron chi connectivity index (χ0n) is 7.09. The van der Waals surface area contributed by atoms with E-state index in [1.54, 1.807) is 0 Å². The first-order valence-electron chi connectivity index (χ1n) is 3.92. The van der Waals surface area contributed by atoms with Crippen LogP contribution in [0.5, 0.6) is 0 Å². The van der Waals surface area contributed by atoms with Crippen molar-refractivity contribution in [1.82, 2.24) is 9.97 Å². The van der Waals surface area contributed by atoms with Crippen molar-refractivity contribution in [2.24, 2.45) is 0 Å². The predicted octanol–water partition coefficient (Wildman–Crippen LogP) is 1.94. The molecule has 3 N–H and O–H groups in total. The normalized spacial score (nSPS) is 10.4. The topological polar surface area (TPSA) is 54.7 Å². The second kappa shape index (κ2) is 3.10. The average Bonchev–Trinajstić information content (AvgIpc) is 2.66. The van der Waals surface area contributed by atoms with E-state index in [1.165, 1.54) is 18.6 Å². The van der Waals surface area contributed by atoms with Gasteiger partial charge in [-0.15, -0.1) is 0 Å². The largest absolute Gasteiger partial charge is 0.396 e. The summed E-state index contributed by atoms with van der Waals surface area (Å²) >= 11 is 0. The number of hydrogen-bond acceptors (Lipinski definition) is 2. The molecular weight excluding hydrogens is 188 g/mol. The maximum absolute atomic E-state index is 12.9. The van der Waals surface area contributed by atoms with Gasteiger partial charge in [0.2, 0.25) is 0 Å². The molecule has 2 aromatic rings. The Bertz CT molecular complexity index is 428. The van der Waals surface area contributed by atoms with E-state index in [2.05, 4.69) is 9.97 Å². The summed E-state index contributed by atoms with van der Waals surface area (Å²) in [6.45, 7) is 0. The van der Waals surface area contributed by atoms with E-state index < -0.39 is 11.6 Å². The summed E-state index contributed by atoms with van der Waals surface area (Å²) in [5, 5.41) is 0. The number of aromatic nitrogens is 2. The van der Waals surface area contributed by atoms with Crippen molar-refractivity contribution < 1.29 is 8.78 Å². The van der Waals surface area contributed by atoms with Crippen LogP contribution in [-0.2, 0) is 0 Å². The Morgan fingerprint density at radius 3 is 2.64 bits per heavy atom. The van der Waals surface area contributed by atoms with Crippen molar-refractivity contribution in [2.45, 2.75) is 0 Å². The quantitative estimate of drug-likeness (QED) is 0.683. The van der Waals surface area contributed by atoms with Crippen LogP contribution in [0.4, 0.5) is 14.5 Å². The lowest BCUT2D eigenvalue weighted by atomic mass is 10.1. The van der Waals surface area contributed by atoms with Crippen LogP contribution in [0.3, 0.4) is 0 Å². The van der Waals surface area contributed by atoms with Crippen LogP contribution in [0.15, 0.2) is 24.7 Å². The van der Waals surface area contributed by atoms with Gasteiger partial charge in [-0.3, -0.25) is 0 Å². The fourth-order valence-corrected chi connectivity index (χ4v) is 1.18. The number of rotatable bonds is 1. The fourth-order valence-electron chi connectivity index (χ4n) is 1.18. The number of H-pyrrole nitrogens is 1. The number of aromatic amines is 1. The number of nitrogens with zero attached hydrogens (tertiary/aromatic N) is 1. The summed E-state index contributed by atoms with van der Waals surface area (Å²) in [7, 11) is 0. The molecule has 0 unspecified atom stereocenters. The van der Waals surface area contributed by atoms with E-state index in [-0.39, 0.29) is 5.69 Å². The maximum Gasteiger partial charge on any atom is 0.181 e. The molecule has 0 amide bonds. The molecule has 0 radical (unpaired) electrons. The molecule has 1 heterocycles. The summed E-state index contributed by atoms with van der Waals surface area (Å²) in [5.74, 6) is -1.98. The second-order valence-electron chi connectivity index (χ2n) is 2.83. The molecule has 1 aromatic carbocycles. The number of nitrogens with two attached hydrogens (primary N) is 1. The van der Waals surface area contributed by atoms with Crippen molar-refractivity contribution in [3.05, 3.63) is 36.3 Å². The molecule has 5 heteroatoms. The zero-order valence-corrected chi connectivity index (χ0v) is 7.09. The SMILES string of the molecule is Nc1cc(-c2cnc[nH]2)cc(F)c1F. The first-order chi connectivity index (χ1) is 6.68. The van der Waals surface area contributed by atoms with Crippen LogP contribution in [0, 0.1) is 11.6 Å². The minimum absolute atomic E-state index is 0.213.